The Morgan fingerprint density at radius 3 is 1.81 bits per heavy atom. The van der Waals surface area contributed by atoms with Gasteiger partial charge in [-0.1, -0.05) is 63.1 Å². The van der Waals surface area contributed by atoms with Gasteiger partial charge in [-0.05, 0) is 72.4 Å². The van der Waals surface area contributed by atoms with Gasteiger partial charge in [-0.3, -0.25) is 0 Å². The fraction of sp³-hybridized carbons (Fsp3) is 0.286. The lowest BCUT2D eigenvalue weighted by Crippen LogP contribution is -2.08. The number of rotatable bonds is 10. The van der Waals surface area contributed by atoms with Crippen LogP contribution in [0.1, 0.15) is 65.8 Å². The molecule has 4 heteroatoms. The maximum absolute atomic E-state index is 12.5. The van der Waals surface area contributed by atoms with Crippen molar-refractivity contribution in [1.82, 2.24) is 0 Å². The number of aryl methyl sites for hydroxylation is 1. The fourth-order valence-corrected chi connectivity index (χ4v) is 3.34. The first-order chi connectivity index (χ1) is 15.6. The van der Waals surface area contributed by atoms with Gasteiger partial charge in [-0.2, -0.15) is 0 Å². The maximum atomic E-state index is 12.5. The summed E-state index contributed by atoms with van der Waals surface area (Å²) in [5.74, 6) is -0.187. The first-order valence-electron chi connectivity index (χ1n) is 11.3. The summed E-state index contributed by atoms with van der Waals surface area (Å²) in [6.07, 6.45) is 5.41. The monoisotopic (exact) mass is 430 g/mol. The second-order valence-electron chi connectivity index (χ2n) is 7.78. The van der Waals surface area contributed by atoms with Crippen LogP contribution in [0, 0.1) is 0 Å². The Labute approximate surface area is 190 Å². The summed E-state index contributed by atoms with van der Waals surface area (Å²) in [5.41, 5.74) is 4.25. The van der Waals surface area contributed by atoms with E-state index in [0.717, 1.165) is 30.4 Å². The van der Waals surface area contributed by atoms with Gasteiger partial charge in [0, 0.05) is 0 Å². The normalized spacial score (nSPS) is 10.6. The van der Waals surface area contributed by atoms with Crippen molar-refractivity contribution in [2.75, 3.05) is 6.61 Å². The minimum absolute atomic E-state index is 0.311. The van der Waals surface area contributed by atoms with Crippen LogP contribution in [0.5, 0.6) is 5.75 Å². The smallest absolute Gasteiger partial charge is 0.343 e. The van der Waals surface area contributed by atoms with E-state index in [1.807, 2.05) is 55.5 Å². The highest BCUT2D eigenvalue weighted by atomic mass is 16.5. The Kier molecular flexibility index (Phi) is 8.61. The second kappa shape index (κ2) is 11.8. The molecule has 0 heterocycles. The van der Waals surface area contributed by atoms with Crippen molar-refractivity contribution in [1.29, 1.82) is 0 Å². The van der Waals surface area contributed by atoms with Crippen molar-refractivity contribution in [3.63, 3.8) is 0 Å². The lowest BCUT2D eigenvalue weighted by molar-refractivity contribution is 0.0505. The molecule has 0 unspecified atom stereocenters. The molecule has 0 aliphatic rings. The molecule has 0 radical (unpaired) electrons. The average molecular weight is 431 g/mol. The van der Waals surface area contributed by atoms with E-state index in [-0.39, 0.29) is 11.9 Å². The number of esters is 2. The van der Waals surface area contributed by atoms with Gasteiger partial charge < -0.3 is 9.47 Å². The highest BCUT2D eigenvalue weighted by Gasteiger charge is 2.10. The van der Waals surface area contributed by atoms with Crippen molar-refractivity contribution in [3.8, 4) is 16.9 Å². The van der Waals surface area contributed by atoms with Crippen LogP contribution in [-0.4, -0.2) is 18.5 Å². The van der Waals surface area contributed by atoms with Gasteiger partial charge in [0.1, 0.15) is 5.75 Å². The SMILES string of the molecule is CCCCCc1ccc(C(=O)Oc2ccc(-c3ccc(C(=O)OCCC)cc3)cc2)cc1. The van der Waals surface area contributed by atoms with Gasteiger partial charge in [-0.25, -0.2) is 9.59 Å². The third-order valence-corrected chi connectivity index (χ3v) is 5.21. The van der Waals surface area contributed by atoms with Crippen molar-refractivity contribution in [2.24, 2.45) is 0 Å². The highest BCUT2D eigenvalue weighted by Crippen LogP contribution is 2.24. The minimum Gasteiger partial charge on any atom is -0.462 e. The predicted molar refractivity (Wildman–Crippen MR) is 127 cm³/mol. The predicted octanol–water partition coefficient (Wildman–Crippen LogP) is 6.87. The summed E-state index contributed by atoms with van der Waals surface area (Å²) in [6.45, 7) is 4.57. The molecule has 0 saturated carbocycles. The van der Waals surface area contributed by atoms with Crippen LogP contribution in [0.25, 0.3) is 11.1 Å². The first kappa shape index (κ1) is 23.3. The number of carbonyl (C=O) groups is 2. The van der Waals surface area contributed by atoms with E-state index < -0.39 is 0 Å². The van der Waals surface area contributed by atoms with E-state index >= 15 is 0 Å². The lowest BCUT2D eigenvalue weighted by Gasteiger charge is -2.08. The lowest BCUT2D eigenvalue weighted by atomic mass is 10.0. The quantitative estimate of drug-likeness (QED) is 0.200. The molecule has 0 fully saturated rings. The van der Waals surface area contributed by atoms with Gasteiger partial charge >= 0.3 is 11.9 Å². The minimum atomic E-state index is -0.368. The summed E-state index contributed by atoms with van der Waals surface area (Å²) in [5, 5.41) is 0. The molecule has 0 bridgehead atoms. The van der Waals surface area contributed by atoms with Crippen LogP contribution in [0.15, 0.2) is 72.8 Å². The van der Waals surface area contributed by atoms with Crippen molar-refractivity contribution in [2.45, 2.75) is 46.0 Å². The Balaban J connectivity index is 1.58. The molecule has 3 aromatic rings. The van der Waals surface area contributed by atoms with Crippen molar-refractivity contribution < 1.29 is 19.1 Å². The van der Waals surface area contributed by atoms with Crippen LogP contribution in [0.2, 0.25) is 0 Å². The van der Waals surface area contributed by atoms with E-state index in [2.05, 4.69) is 6.92 Å². The Hall–Kier alpha value is -3.40. The highest BCUT2D eigenvalue weighted by molar-refractivity contribution is 5.91. The van der Waals surface area contributed by atoms with E-state index in [9.17, 15) is 9.59 Å². The van der Waals surface area contributed by atoms with Crippen molar-refractivity contribution in [3.05, 3.63) is 89.5 Å². The molecule has 0 spiro atoms. The van der Waals surface area contributed by atoms with Crippen molar-refractivity contribution >= 4 is 11.9 Å². The molecule has 166 valence electrons. The summed E-state index contributed by atoms with van der Waals surface area (Å²) >= 11 is 0. The number of unbranched alkanes of at least 4 members (excludes halogenated alkanes) is 2. The topological polar surface area (TPSA) is 52.6 Å². The zero-order valence-corrected chi connectivity index (χ0v) is 18.8. The first-order valence-corrected chi connectivity index (χ1v) is 11.3. The van der Waals surface area contributed by atoms with Gasteiger partial charge in [0.15, 0.2) is 0 Å². The molecule has 0 aliphatic carbocycles. The van der Waals surface area contributed by atoms with E-state index in [1.165, 1.54) is 18.4 Å². The standard InChI is InChI=1S/C28H30O4/c1-3-5-6-7-21-8-10-25(11-9-21)28(30)32-26-18-16-23(17-19-26)22-12-14-24(15-13-22)27(29)31-20-4-2/h8-19H,3-7,20H2,1-2H3. The average Bonchev–Trinajstić information content (AvgIpc) is 2.83. The Morgan fingerprint density at radius 1 is 0.656 bits per heavy atom. The van der Waals surface area contributed by atoms with Crippen LogP contribution in [0.3, 0.4) is 0 Å². The number of benzene rings is 3. The van der Waals surface area contributed by atoms with Crippen LogP contribution >= 0.6 is 0 Å². The van der Waals surface area contributed by atoms with Gasteiger partial charge in [0.05, 0.1) is 17.7 Å². The number of ether oxygens (including phenoxy) is 2. The molecule has 3 aromatic carbocycles. The molecule has 3 rings (SSSR count). The summed E-state index contributed by atoms with van der Waals surface area (Å²) < 4.78 is 10.7. The Bertz CT molecular complexity index is 1000. The second-order valence-corrected chi connectivity index (χ2v) is 7.78. The molecule has 0 atom stereocenters. The third kappa shape index (κ3) is 6.55. The van der Waals surface area contributed by atoms with Crippen LogP contribution in [0.4, 0.5) is 0 Å². The Morgan fingerprint density at radius 2 is 1.22 bits per heavy atom. The molecule has 0 saturated heterocycles. The molecule has 4 nitrogen and oxygen atoms in total. The molecular formula is C28H30O4. The molecule has 0 N–H and O–H groups in total. The summed E-state index contributed by atoms with van der Waals surface area (Å²) in [6, 6.07) is 22.3. The molecule has 0 amide bonds. The van der Waals surface area contributed by atoms with Crippen LogP contribution < -0.4 is 4.74 Å². The van der Waals surface area contributed by atoms with Gasteiger partial charge in [0.25, 0.3) is 0 Å². The largest absolute Gasteiger partial charge is 0.462 e. The maximum Gasteiger partial charge on any atom is 0.343 e. The number of hydrogen-bond acceptors (Lipinski definition) is 4. The van der Waals surface area contributed by atoms with E-state index in [1.54, 1.807) is 24.3 Å². The van der Waals surface area contributed by atoms with E-state index in [0.29, 0.717) is 23.5 Å². The molecular weight excluding hydrogens is 400 g/mol. The number of carbonyl (C=O) groups excluding carboxylic acids is 2. The zero-order chi connectivity index (χ0) is 22.8. The van der Waals surface area contributed by atoms with Gasteiger partial charge in [-0.15, -0.1) is 0 Å². The van der Waals surface area contributed by atoms with E-state index in [4.69, 9.17) is 9.47 Å². The fourth-order valence-electron chi connectivity index (χ4n) is 3.34. The van der Waals surface area contributed by atoms with Crippen LogP contribution in [-0.2, 0) is 11.2 Å². The zero-order valence-electron chi connectivity index (χ0n) is 18.8. The summed E-state index contributed by atoms with van der Waals surface area (Å²) in [4.78, 5) is 24.4. The third-order valence-electron chi connectivity index (χ3n) is 5.21. The molecule has 0 aliphatic heterocycles. The van der Waals surface area contributed by atoms with Gasteiger partial charge in [0.2, 0.25) is 0 Å². The summed E-state index contributed by atoms with van der Waals surface area (Å²) in [7, 11) is 0. The molecule has 32 heavy (non-hydrogen) atoms. The number of hydrogen-bond donors (Lipinski definition) is 0. The molecule has 0 aromatic heterocycles.